The number of benzene rings is 3. The molecule has 0 aliphatic carbocycles. The van der Waals surface area contributed by atoms with Crippen LogP contribution in [0.5, 0.6) is 17.2 Å². The first kappa shape index (κ1) is 16.6. The van der Waals surface area contributed by atoms with Gasteiger partial charge in [0.15, 0.2) is 11.5 Å². The maximum absolute atomic E-state index is 11.0. The van der Waals surface area contributed by atoms with Gasteiger partial charge in [0.05, 0.1) is 11.8 Å². The summed E-state index contributed by atoms with van der Waals surface area (Å²) >= 11 is 0. The molecule has 0 spiro atoms. The van der Waals surface area contributed by atoms with Crippen molar-refractivity contribution in [1.29, 1.82) is 0 Å². The zero-order valence-electron chi connectivity index (χ0n) is 15.5. The molecule has 0 saturated heterocycles. The molecular formula is C22H19N3O3. The Balaban J connectivity index is 1.71. The van der Waals surface area contributed by atoms with Crippen LogP contribution < -0.4 is 4.74 Å². The van der Waals surface area contributed by atoms with Crippen molar-refractivity contribution in [2.24, 2.45) is 0 Å². The lowest BCUT2D eigenvalue weighted by Gasteiger charge is -2.26. The Kier molecular flexibility index (Phi) is 3.40. The van der Waals surface area contributed by atoms with Gasteiger partial charge in [0, 0.05) is 16.3 Å². The largest absolute Gasteiger partial charge is 0.507 e. The minimum atomic E-state index is -0.740. The van der Waals surface area contributed by atoms with E-state index in [1.54, 1.807) is 16.8 Å². The van der Waals surface area contributed by atoms with Crippen LogP contribution in [-0.2, 0) is 0 Å². The molecule has 2 N–H and O–H groups in total. The van der Waals surface area contributed by atoms with E-state index in [2.05, 4.69) is 10.3 Å². The molecule has 1 aliphatic heterocycles. The molecule has 1 aliphatic rings. The summed E-state index contributed by atoms with van der Waals surface area (Å²) in [5.74, 6) is 0.418. The molecule has 0 bridgehead atoms. The quantitative estimate of drug-likeness (QED) is 0.513. The van der Waals surface area contributed by atoms with Crippen molar-refractivity contribution in [3.05, 3.63) is 66.4 Å². The Bertz CT molecular complexity index is 1200. The molecule has 28 heavy (non-hydrogen) atoms. The van der Waals surface area contributed by atoms with Crippen LogP contribution in [0.4, 0.5) is 0 Å². The van der Waals surface area contributed by atoms with Crippen molar-refractivity contribution in [2.45, 2.75) is 25.5 Å². The Labute approximate surface area is 161 Å². The average molecular weight is 373 g/mol. The lowest BCUT2D eigenvalue weighted by molar-refractivity contribution is 0.0905. The summed E-state index contributed by atoms with van der Waals surface area (Å²) in [7, 11) is 0. The molecule has 3 aromatic carbocycles. The van der Waals surface area contributed by atoms with Crippen molar-refractivity contribution in [3.63, 3.8) is 0 Å². The summed E-state index contributed by atoms with van der Waals surface area (Å²) in [4.78, 5) is 0. The highest BCUT2D eigenvalue weighted by Crippen LogP contribution is 2.56. The van der Waals surface area contributed by atoms with E-state index >= 15 is 0 Å². The van der Waals surface area contributed by atoms with E-state index in [-0.39, 0.29) is 11.5 Å². The van der Waals surface area contributed by atoms with E-state index in [0.717, 1.165) is 11.3 Å². The maximum atomic E-state index is 11.0. The predicted octanol–water partition coefficient (Wildman–Crippen LogP) is 4.27. The van der Waals surface area contributed by atoms with E-state index in [1.807, 2.05) is 62.5 Å². The Morgan fingerprint density at radius 2 is 1.57 bits per heavy atom. The van der Waals surface area contributed by atoms with Crippen molar-refractivity contribution in [3.8, 4) is 28.5 Å². The van der Waals surface area contributed by atoms with Gasteiger partial charge in [0.25, 0.3) is 0 Å². The number of nitrogens with zero attached hydrogens (tertiary/aromatic N) is 3. The molecule has 6 heteroatoms. The second kappa shape index (κ2) is 5.73. The highest BCUT2D eigenvalue weighted by atomic mass is 16.5. The number of aromatic nitrogens is 3. The van der Waals surface area contributed by atoms with Gasteiger partial charge in [-0.2, -0.15) is 0 Å². The van der Waals surface area contributed by atoms with Crippen LogP contribution in [0.15, 0.2) is 60.8 Å². The number of phenolic OH excluding ortho intramolecular Hbond substituents is 2. The molecule has 0 fully saturated rings. The van der Waals surface area contributed by atoms with Crippen LogP contribution in [0.2, 0.25) is 0 Å². The molecule has 1 atom stereocenters. The number of ether oxygens (including phenoxy) is 1. The third-order valence-electron chi connectivity index (χ3n) is 5.29. The summed E-state index contributed by atoms with van der Waals surface area (Å²) in [6.07, 6.45) is 1.84. The third-order valence-corrected chi connectivity index (χ3v) is 5.29. The molecule has 0 saturated carbocycles. The minimum Gasteiger partial charge on any atom is -0.507 e. The predicted molar refractivity (Wildman–Crippen MR) is 106 cm³/mol. The maximum Gasteiger partial charge on any atom is 0.171 e. The summed E-state index contributed by atoms with van der Waals surface area (Å²) in [6, 6.07) is 16.5. The van der Waals surface area contributed by atoms with Gasteiger partial charge in [-0.05, 0) is 13.8 Å². The van der Waals surface area contributed by atoms with Crippen molar-refractivity contribution < 1.29 is 14.9 Å². The molecule has 4 aromatic rings. The Morgan fingerprint density at radius 1 is 0.929 bits per heavy atom. The average Bonchev–Trinajstić information content (AvgIpc) is 3.28. The normalized spacial score (nSPS) is 17.4. The van der Waals surface area contributed by atoms with Gasteiger partial charge in [0.1, 0.15) is 23.1 Å². The fourth-order valence-corrected chi connectivity index (χ4v) is 4.02. The molecular weight excluding hydrogens is 354 g/mol. The number of rotatable bonds is 2. The van der Waals surface area contributed by atoms with Gasteiger partial charge in [-0.1, -0.05) is 59.8 Å². The Morgan fingerprint density at radius 3 is 2.29 bits per heavy atom. The van der Waals surface area contributed by atoms with Gasteiger partial charge in [-0.15, -0.1) is 5.10 Å². The standard InChI is InChI=1S/C22H19N3O3/c1-22(2)21(25-12-16(23-24-25)13-8-4-3-5-9-13)17-18(26)14-10-6-7-11-15(14)19(27)20(17)28-22/h3-12,21,26-27H,1-2H3. The molecule has 0 radical (unpaired) electrons. The topological polar surface area (TPSA) is 80.4 Å². The first-order valence-corrected chi connectivity index (χ1v) is 9.10. The number of phenols is 2. The van der Waals surface area contributed by atoms with E-state index in [1.165, 1.54) is 0 Å². The van der Waals surface area contributed by atoms with Crippen molar-refractivity contribution in [2.75, 3.05) is 0 Å². The monoisotopic (exact) mass is 373 g/mol. The zero-order chi connectivity index (χ0) is 19.5. The second-order valence-corrected chi connectivity index (χ2v) is 7.54. The van der Waals surface area contributed by atoms with Gasteiger partial charge >= 0.3 is 0 Å². The van der Waals surface area contributed by atoms with E-state index < -0.39 is 11.6 Å². The minimum absolute atomic E-state index is 0.0300. The van der Waals surface area contributed by atoms with Crippen LogP contribution in [0.25, 0.3) is 22.0 Å². The summed E-state index contributed by atoms with van der Waals surface area (Å²) in [5, 5.41) is 31.6. The van der Waals surface area contributed by atoms with Crippen molar-refractivity contribution in [1.82, 2.24) is 15.0 Å². The summed E-state index contributed by atoms with van der Waals surface area (Å²) < 4.78 is 7.79. The zero-order valence-corrected chi connectivity index (χ0v) is 15.5. The van der Waals surface area contributed by atoms with Gasteiger partial charge in [-0.25, -0.2) is 4.68 Å². The van der Waals surface area contributed by atoms with Gasteiger partial charge in [-0.3, -0.25) is 0 Å². The van der Waals surface area contributed by atoms with Crippen LogP contribution >= 0.6 is 0 Å². The van der Waals surface area contributed by atoms with Crippen molar-refractivity contribution >= 4 is 10.8 Å². The van der Waals surface area contributed by atoms with E-state index in [0.29, 0.717) is 22.1 Å². The lowest BCUT2D eigenvalue weighted by atomic mass is 9.91. The number of fused-ring (bicyclic) bond motifs is 2. The molecule has 140 valence electrons. The Hall–Kier alpha value is -3.54. The molecule has 1 unspecified atom stereocenters. The van der Waals surface area contributed by atoms with Crippen LogP contribution in [0, 0.1) is 0 Å². The number of hydrogen-bond acceptors (Lipinski definition) is 5. The van der Waals surface area contributed by atoms with Crippen LogP contribution in [0.1, 0.15) is 25.5 Å². The SMILES string of the molecule is CC1(C)Oc2c(c(O)c3ccccc3c2O)C1n1cc(-c2ccccc2)nn1. The lowest BCUT2D eigenvalue weighted by Crippen LogP contribution is -2.34. The molecule has 0 amide bonds. The van der Waals surface area contributed by atoms with Crippen LogP contribution in [-0.4, -0.2) is 30.8 Å². The van der Waals surface area contributed by atoms with Gasteiger partial charge in [0.2, 0.25) is 0 Å². The van der Waals surface area contributed by atoms with Crippen LogP contribution in [0.3, 0.4) is 0 Å². The van der Waals surface area contributed by atoms with Gasteiger partial charge < -0.3 is 14.9 Å². The fraction of sp³-hybridized carbons (Fsp3) is 0.182. The molecule has 1 aromatic heterocycles. The highest BCUT2D eigenvalue weighted by Gasteiger charge is 2.47. The highest BCUT2D eigenvalue weighted by molar-refractivity contribution is 5.97. The van der Waals surface area contributed by atoms with E-state index in [9.17, 15) is 10.2 Å². The first-order chi connectivity index (χ1) is 13.5. The smallest absolute Gasteiger partial charge is 0.171 e. The number of hydrogen-bond donors (Lipinski definition) is 2. The summed E-state index contributed by atoms with van der Waals surface area (Å²) in [6.45, 7) is 3.82. The molecule has 2 heterocycles. The second-order valence-electron chi connectivity index (χ2n) is 7.54. The molecule has 5 rings (SSSR count). The first-order valence-electron chi connectivity index (χ1n) is 9.10. The third kappa shape index (κ3) is 2.27. The fourth-order valence-electron chi connectivity index (χ4n) is 4.02. The summed E-state index contributed by atoms with van der Waals surface area (Å²) in [5.41, 5.74) is 1.47. The van der Waals surface area contributed by atoms with E-state index in [4.69, 9.17) is 4.74 Å². The molecule has 6 nitrogen and oxygen atoms in total. The number of aromatic hydroxyl groups is 2.